The van der Waals surface area contributed by atoms with Gasteiger partial charge in [0.05, 0.1) is 0 Å². The second-order valence-corrected chi connectivity index (χ2v) is 4.35. The van der Waals surface area contributed by atoms with E-state index in [1.807, 2.05) is 0 Å². The van der Waals surface area contributed by atoms with Crippen molar-refractivity contribution in [3.63, 3.8) is 0 Å². The summed E-state index contributed by atoms with van der Waals surface area (Å²) in [6, 6.07) is 0. The minimum atomic E-state index is 0.995. The van der Waals surface area contributed by atoms with Crippen LogP contribution >= 0.6 is 22.6 Å². The van der Waals surface area contributed by atoms with Crippen molar-refractivity contribution in [1.29, 1.82) is 0 Å². The average Bonchev–Trinajstić information content (AvgIpc) is 1.94. The third-order valence-corrected chi connectivity index (χ3v) is 3.03. The van der Waals surface area contributed by atoms with Crippen LogP contribution in [0.5, 0.6) is 0 Å². The van der Waals surface area contributed by atoms with E-state index >= 15 is 0 Å². The van der Waals surface area contributed by atoms with Crippen molar-refractivity contribution in [3.05, 3.63) is 0 Å². The van der Waals surface area contributed by atoms with Gasteiger partial charge in [-0.1, -0.05) is 48.3 Å². The van der Waals surface area contributed by atoms with Gasteiger partial charge >= 0.3 is 0 Å². The zero-order valence-corrected chi connectivity index (χ0v) is 7.36. The summed E-state index contributed by atoms with van der Waals surface area (Å²) in [6.07, 6.45) is 8.88. The maximum atomic E-state index is 2.58. The Kier molecular flexibility index (Phi) is 3.16. The lowest BCUT2D eigenvalue weighted by atomic mass is 10.2. The summed E-state index contributed by atoms with van der Waals surface area (Å²) < 4.78 is 0.995. The highest BCUT2D eigenvalue weighted by Crippen LogP contribution is 2.22. The van der Waals surface area contributed by atoms with E-state index in [1.54, 1.807) is 0 Å². The SMILES string of the molecule is IC1CCCCCC1. The fourth-order valence-electron chi connectivity index (χ4n) is 1.23. The Hall–Kier alpha value is 0.730. The zero-order chi connectivity index (χ0) is 5.82. The van der Waals surface area contributed by atoms with Crippen LogP contribution in [0.2, 0.25) is 0 Å². The molecule has 1 heteroatoms. The Morgan fingerprint density at radius 2 is 1.38 bits per heavy atom. The molecule has 1 aliphatic rings. The third-order valence-electron chi connectivity index (χ3n) is 1.78. The molecule has 8 heavy (non-hydrogen) atoms. The molecule has 1 aliphatic carbocycles. The molecule has 0 N–H and O–H groups in total. The topological polar surface area (TPSA) is 0 Å². The first kappa shape index (κ1) is 6.84. The molecule has 0 heterocycles. The van der Waals surface area contributed by atoms with E-state index in [0.717, 1.165) is 3.92 Å². The lowest BCUT2D eigenvalue weighted by molar-refractivity contribution is 0.702. The predicted octanol–water partition coefficient (Wildman–Crippen LogP) is 3.14. The van der Waals surface area contributed by atoms with Gasteiger partial charge in [-0.2, -0.15) is 0 Å². The number of alkyl halides is 1. The second kappa shape index (κ2) is 3.70. The van der Waals surface area contributed by atoms with Gasteiger partial charge in [-0.05, 0) is 12.8 Å². The van der Waals surface area contributed by atoms with Crippen LogP contribution in [0.25, 0.3) is 0 Å². The van der Waals surface area contributed by atoms with Gasteiger partial charge in [0.1, 0.15) is 0 Å². The van der Waals surface area contributed by atoms with E-state index in [2.05, 4.69) is 22.6 Å². The Bertz CT molecular complexity index is 53.4. The molecule has 0 spiro atoms. The van der Waals surface area contributed by atoms with Crippen LogP contribution in [-0.2, 0) is 0 Å². The summed E-state index contributed by atoms with van der Waals surface area (Å²) in [6.45, 7) is 0. The molecule has 0 unspecified atom stereocenters. The minimum absolute atomic E-state index is 0.995. The maximum Gasteiger partial charge on any atom is 0.0110 e. The van der Waals surface area contributed by atoms with E-state index in [0.29, 0.717) is 0 Å². The molecule has 0 aromatic carbocycles. The molecule has 1 fully saturated rings. The van der Waals surface area contributed by atoms with Gasteiger partial charge in [-0.3, -0.25) is 0 Å². The predicted molar refractivity (Wildman–Crippen MR) is 45.5 cm³/mol. The first-order chi connectivity index (χ1) is 3.89. The molecule has 0 aromatic heterocycles. The first-order valence-corrected chi connectivity index (χ1v) is 4.78. The molecule has 0 amide bonds. The quantitative estimate of drug-likeness (QED) is 0.337. The Balaban J connectivity index is 2.17. The summed E-state index contributed by atoms with van der Waals surface area (Å²) in [5, 5.41) is 0. The van der Waals surface area contributed by atoms with Crippen molar-refractivity contribution in [1.82, 2.24) is 0 Å². The minimum Gasteiger partial charge on any atom is -0.0826 e. The van der Waals surface area contributed by atoms with E-state index in [-0.39, 0.29) is 0 Å². The lowest BCUT2D eigenvalue weighted by Gasteiger charge is -2.00. The summed E-state index contributed by atoms with van der Waals surface area (Å²) >= 11 is 2.58. The number of hydrogen-bond donors (Lipinski definition) is 0. The van der Waals surface area contributed by atoms with E-state index in [9.17, 15) is 0 Å². The second-order valence-electron chi connectivity index (χ2n) is 2.59. The smallest absolute Gasteiger partial charge is 0.0110 e. The highest BCUT2D eigenvalue weighted by molar-refractivity contribution is 14.1. The molecular formula is C7H13I. The molecule has 1 saturated carbocycles. The van der Waals surface area contributed by atoms with Crippen LogP contribution in [0.4, 0.5) is 0 Å². The number of rotatable bonds is 0. The lowest BCUT2D eigenvalue weighted by Crippen LogP contribution is -1.91. The molecular weight excluding hydrogens is 211 g/mol. The number of hydrogen-bond acceptors (Lipinski definition) is 0. The monoisotopic (exact) mass is 224 g/mol. The Morgan fingerprint density at radius 3 is 1.88 bits per heavy atom. The van der Waals surface area contributed by atoms with Crippen molar-refractivity contribution in [2.24, 2.45) is 0 Å². The zero-order valence-electron chi connectivity index (χ0n) is 5.20. The van der Waals surface area contributed by atoms with Gasteiger partial charge in [-0.25, -0.2) is 0 Å². The van der Waals surface area contributed by atoms with Crippen molar-refractivity contribution < 1.29 is 0 Å². The summed E-state index contributed by atoms with van der Waals surface area (Å²) in [7, 11) is 0. The summed E-state index contributed by atoms with van der Waals surface area (Å²) in [5.74, 6) is 0. The van der Waals surface area contributed by atoms with Crippen molar-refractivity contribution in [3.8, 4) is 0 Å². The first-order valence-electron chi connectivity index (χ1n) is 3.53. The fraction of sp³-hybridized carbons (Fsp3) is 1.00. The molecule has 0 bridgehead atoms. The molecule has 1 rings (SSSR count). The molecule has 0 atom stereocenters. The molecule has 0 aliphatic heterocycles. The van der Waals surface area contributed by atoms with E-state index < -0.39 is 0 Å². The van der Waals surface area contributed by atoms with Gasteiger partial charge in [0.2, 0.25) is 0 Å². The standard InChI is InChI=1S/C7H13I/c8-7-5-3-1-2-4-6-7/h7H,1-6H2. The molecule has 48 valence electrons. The van der Waals surface area contributed by atoms with Gasteiger partial charge in [-0.15, -0.1) is 0 Å². The van der Waals surface area contributed by atoms with Gasteiger partial charge in [0.25, 0.3) is 0 Å². The average molecular weight is 224 g/mol. The van der Waals surface area contributed by atoms with Gasteiger partial charge < -0.3 is 0 Å². The van der Waals surface area contributed by atoms with Crippen LogP contribution < -0.4 is 0 Å². The van der Waals surface area contributed by atoms with Crippen LogP contribution in [0, 0.1) is 0 Å². The summed E-state index contributed by atoms with van der Waals surface area (Å²) in [4.78, 5) is 0. The molecule has 0 saturated heterocycles. The molecule has 0 radical (unpaired) electrons. The van der Waals surface area contributed by atoms with Gasteiger partial charge in [0, 0.05) is 3.92 Å². The van der Waals surface area contributed by atoms with Crippen molar-refractivity contribution in [2.45, 2.75) is 42.4 Å². The van der Waals surface area contributed by atoms with Crippen molar-refractivity contribution >= 4 is 22.6 Å². The largest absolute Gasteiger partial charge is 0.0826 e. The van der Waals surface area contributed by atoms with Gasteiger partial charge in [0.15, 0.2) is 0 Å². The molecule has 0 nitrogen and oxygen atoms in total. The molecule has 0 aromatic rings. The maximum absolute atomic E-state index is 2.58. The normalized spacial score (nSPS) is 25.1. The van der Waals surface area contributed by atoms with Crippen LogP contribution in [-0.4, -0.2) is 3.92 Å². The third kappa shape index (κ3) is 2.33. The Labute approximate surface area is 65.2 Å². The van der Waals surface area contributed by atoms with E-state index in [1.165, 1.54) is 38.5 Å². The van der Waals surface area contributed by atoms with E-state index in [4.69, 9.17) is 0 Å². The highest BCUT2D eigenvalue weighted by atomic mass is 127. The highest BCUT2D eigenvalue weighted by Gasteiger charge is 2.06. The summed E-state index contributed by atoms with van der Waals surface area (Å²) in [5.41, 5.74) is 0. The van der Waals surface area contributed by atoms with Crippen LogP contribution in [0.3, 0.4) is 0 Å². The van der Waals surface area contributed by atoms with Crippen LogP contribution in [0.1, 0.15) is 38.5 Å². The number of halogens is 1. The Morgan fingerprint density at radius 1 is 0.875 bits per heavy atom. The van der Waals surface area contributed by atoms with Crippen LogP contribution in [0.15, 0.2) is 0 Å². The fourth-order valence-corrected chi connectivity index (χ4v) is 2.11. The van der Waals surface area contributed by atoms with Crippen molar-refractivity contribution in [2.75, 3.05) is 0 Å².